The van der Waals surface area contributed by atoms with Gasteiger partial charge in [-0.1, -0.05) is 32.9 Å². The van der Waals surface area contributed by atoms with Crippen LogP contribution in [-0.4, -0.2) is 59.8 Å². The molecule has 3 atom stereocenters. The summed E-state index contributed by atoms with van der Waals surface area (Å²) in [5.41, 5.74) is -2.34. The second-order valence-corrected chi connectivity index (χ2v) is 10.3. The van der Waals surface area contributed by atoms with Crippen LogP contribution in [0.25, 0.3) is 0 Å². The molecule has 4 amide bonds. The first-order valence-corrected chi connectivity index (χ1v) is 12.1. The Morgan fingerprint density at radius 3 is 2.29 bits per heavy atom. The van der Waals surface area contributed by atoms with Crippen LogP contribution in [-0.2, 0) is 30.1 Å². The Bertz CT molecular complexity index is 1050. The van der Waals surface area contributed by atoms with E-state index in [0.29, 0.717) is 19.4 Å². The lowest BCUT2D eigenvalue weighted by atomic mass is 9.87. The minimum absolute atomic E-state index is 0.000934. The number of nitrogens with one attached hydrogen (secondary N) is 4. The van der Waals surface area contributed by atoms with Gasteiger partial charge in [0.05, 0.1) is 17.3 Å². The Balaban J connectivity index is 2.18. The summed E-state index contributed by atoms with van der Waals surface area (Å²) in [6.45, 7) is 4.86. The average molecular weight is 543 g/mol. The van der Waals surface area contributed by atoms with E-state index in [-0.39, 0.29) is 18.7 Å². The summed E-state index contributed by atoms with van der Waals surface area (Å²) >= 11 is 0. The molecule has 5 N–H and O–H groups in total. The molecule has 1 aromatic carbocycles. The van der Waals surface area contributed by atoms with Crippen LogP contribution in [0.4, 0.5) is 18.9 Å². The number of rotatable bonds is 9. The van der Waals surface area contributed by atoms with Gasteiger partial charge in [-0.15, -0.1) is 0 Å². The summed E-state index contributed by atoms with van der Waals surface area (Å²) in [5.74, 6) is -5.21. The largest absolute Gasteiger partial charge is 0.418 e. The Morgan fingerprint density at radius 1 is 1.05 bits per heavy atom. The summed E-state index contributed by atoms with van der Waals surface area (Å²) in [6.07, 6.45) is -3.68. The lowest BCUT2D eigenvalue weighted by Gasteiger charge is -2.29. The van der Waals surface area contributed by atoms with E-state index in [2.05, 4.69) is 16.0 Å². The van der Waals surface area contributed by atoms with Crippen molar-refractivity contribution in [3.8, 4) is 0 Å². The lowest BCUT2D eigenvalue weighted by Crippen LogP contribution is -2.55. The van der Waals surface area contributed by atoms with Gasteiger partial charge in [-0.25, -0.2) is 0 Å². The van der Waals surface area contributed by atoms with E-state index in [1.165, 1.54) is 6.07 Å². The van der Waals surface area contributed by atoms with Crippen molar-refractivity contribution >= 4 is 35.1 Å². The molecule has 0 unspecified atom stereocenters. The Hall–Kier alpha value is -3.48. The van der Waals surface area contributed by atoms with Gasteiger partial charge in [0.2, 0.25) is 11.8 Å². The molecule has 0 aromatic heterocycles. The average Bonchev–Trinajstić information content (AvgIpc) is 2.82. The molecule has 1 heterocycles. The van der Waals surface area contributed by atoms with Gasteiger partial charge in [-0.05, 0) is 43.2 Å². The van der Waals surface area contributed by atoms with Gasteiger partial charge in [-0.2, -0.15) is 13.2 Å². The zero-order chi connectivity index (χ0) is 28.7. The second-order valence-electron chi connectivity index (χ2n) is 10.3. The van der Waals surface area contributed by atoms with Gasteiger partial charge >= 0.3 is 18.0 Å². The summed E-state index contributed by atoms with van der Waals surface area (Å²) in [7, 11) is 0. The van der Waals surface area contributed by atoms with Crippen LogP contribution < -0.4 is 21.3 Å². The predicted molar refractivity (Wildman–Crippen MR) is 130 cm³/mol. The number of aliphatic hydroxyl groups is 1. The fourth-order valence-electron chi connectivity index (χ4n) is 4.06. The predicted octanol–water partition coefficient (Wildman–Crippen LogP) is 1.53. The van der Waals surface area contributed by atoms with Gasteiger partial charge in [0.25, 0.3) is 0 Å². The number of para-hydroxylation sites is 1. The molecule has 10 nitrogen and oxygen atoms in total. The molecule has 0 saturated carbocycles. The highest BCUT2D eigenvalue weighted by Gasteiger charge is 2.36. The molecule has 38 heavy (non-hydrogen) atoms. The molecule has 0 spiro atoms. The maximum Gasteiger partial charge on any atom is 0.418 e. The fourth-order valence-corrected chi connectivity index (χ4v) is 4.06. The van der Waals surface area contributed by atoms with Crippen molar-refractivity contribution in [1.82, 2.24) is 16.0 Å². The highest BCUT2D eigenvalue weighted by atomic mass is 19.4. The molecule has 1 aromatic rings. The number of ketones is 1. The quantitative estimate of drug-likeness (QED) is 0.298. The third-order valence-electron chi connectivity index (χ3n) is 5.91. The van der Waals surface area contributed by atoms with Gasteiger partial charge in [0, 0.05) is 12.5 Å². The molecule has 1 saturated heterocycles. The smallest absolute Gasteiger partial charge is 0.389 e. The number of alkyl halides is 3. The van der Waals surface area contributed by atoms with E-state index in [1.54, 1.807) is 20.8 Å². The molecule has 2 rings (SSSR count). The second kappa shape index (κ2) is 12.9. The zero-order valence-electron chi connectivity index (χ0n) is 21.4. The number of amides is 4. The number of carbonyl (C=O) groups is 5. The lowest BCUT2D eigenvalue weighted by molar-refractivity contribution is -0.139. The van der Waals surface area contributed by atoms with Crippen LogP contribution >= 0.6 is 0 Å². The Kier molecular flexibility index (Phi) is 10.4. The maximum atomic E-state index is 13.2. The Morgan fingerprint density at radius 2 is 1.71 bits per heavy atom. The van der Waals surface area contributed by atoms with Crippen molar-refractivity contribution in [1.29, 1.82) is 0 Å². The number of hydrogen-bond donors (Lipinski definition) is 5. The normalized spacial score (nSPS) is 17.6. The number of hydrogen-bond acceptors (Lipinski definition) is 6. The van der Waals surface area contributed by atoms with Crippen LogP contribution in [0.1, 0.15) is 52.0 Å². The van der Waals surface area contributed by atoms with E-state index < -0.39 is 71.0 Å². The topological polar surface area (TPSA) is 154 Å². The summed E-state index contributed by atoms with van der Waals surface area (Å²) < 4.78 is 39.7. The SMILES string of the molecule is CC(C)(C)C[C@H](NC(=O)C(=O)Nc1ccccc1C(F)(F)F)C(=O)N[C@@H](C[C@@H]1CCCNC1=O)C(=O)CO. The minimum atomic E-state index is -4.78. The van der Waals surface area contributed by atoms with Gasteiger partial charge < -0.3 is 26.4 Å². The highest BCUT2D eigenvalue weighted by Crippen LogP contribution is 2.34. The molecular formula is C25H33F3N4O6. The Labute approximate surface area is 218 Å². The standard InChI is InChI=1S/C25H33F3N4O6/c1-24(2,3)12-18(21(36)31-17(19(34)13-33)11-14-7-6-10-29-20(14)35)32-23(38)22(37)30-16-9-5-4-8-15(16)25(26,27)28/h4-5,8-9,14,17-18,33H,6-7,10-13H2,1-3H3,(H,29,35)(H,30,37)(H,31,36)(H,32,38)/t14-,17-,18-/m0/s1. The van der Waals surface area contributed by atoms with Crippen molar-refractivity contribution < 1.29 is 42.3 Å². The van der Waals surface area contributed by atoms with Crippen LogP contribution in [0.15, 0.2) is 24.3 Å². The van der Waals surface area contributed by atoms with Gasteiger partial charge in [0.1, 0.15) is 12.6 Å². The number of carbonyl (C=O) groups excluding carboxylic acids is 5. The number of piperidine rings is 1. The molecule has 13 heteroatoms. The summed E-state index contributed by atoms with van der Waals surface area (Å²) in [6, 6.07) is 1.54. The van der Waals surface area contributed by atoms with Crippen molar-refractivity contribution in [2.24, 2.45) is 11.3 Å². The first-order chi connectivity index (χ1) is 17.6. The van der Waals surface area contributed by atoms with Crippen LogP contribution in [0.5, 0.6) is 0 Å². The number of aliphatic hydroxyl groups excluding tert-OH is 1. The first-order valence-electron chi connectivity index (χ1n) is 12.1. The van der Waals surface area contributed by atoms with E-state index in [0.717, 1.165) is 18.2 Å². The zero-order valence-corrected chi connectivity index (χ0v) is 21.4. The van der Waals surface area contributed by atoms with E-state index >= 15 is 0 Å². The highest BCUT2D eigenvalue weighted by molar-refractivity contribution is 6.40. The number of Topliss-reactive ketones (excluding diaryl/α,β-unsaturated/α-hetero) is 1. The van der Waals surface area contributed by atoms with Crippen LogP contribution in [0.2, 0.25) is 0 Å². The van der Waals surface area contributed by atoms with Crippen LogP contribution in [0.3, 0.4) is 0 Å². The number of anilines is 1. The molecule has 1 aliphatic rings. The maximum absolute atomic E-state index is 13.2. The van der Waals surface area contributed by atoms with Crippen molar-refractivity contribution in [3.05, 3.63) is 29.8 Å². The first kappa shape index (κ1) is 30.7. The number of benzene rings is 1. The van der Waals surface area contributed by atoms with Gasteiger partial charge in [0.15, 0.2) is 5.78 Å². The van der Waals surface area contributed by atoms with Crippen molar-refractivity contribution in [2.75, 3.05) is 18.5 Å². The minimum Gasteiger partial charge on any atom is -0.389 e. The number of halogens is 3. The van der Waals surface area contributed by atoms with Gasteiger partial charge in [-0.3, -0.25) is 24.0 Å². The molecule has 0 bridgehead atoms. The van der Waals surface area contributed by atoms with E-state index in [1.807, 2.05) is 5.32 Å². The summed E-state index contributed by atoms with van der Waals surface area (Å²) in [5, 5.41) is 18.7. The van der Waals surface area contributed by atoms with Crippen LogP contribution in [0, 0.1) is 11.3 Å². The summed E-state index contributed by atoms with van der Waals surface area (Å²) in [4.78, 5) is 62.7. The fraction of sp³-hybridized carbons (Fsp3) is 0.560. The third-order valence-corrected chi connectivity index (χ3v) is 5.91. The van der Waals surface area contributed by atoms with E-state index in [9.17, 15) is 42.3 Å². The molecule has 0 aliphatic carbocycles. The molecular weight excluding hydrogens is 509 g/mol. The molecule has 1 fully saturated rings. The molecule has 210 valence electrons. The molecule has 0 radical (unpaired) electrons. The van der Waals surface area contributed by atoms with E-state index in [4.69, 9.17) is 0 Å². The molecule has 1 aliphatic heterocycles. The van der Waals surface area contributed by atoms with Crippen molar-refractivity contribution in [2.45, 2.75) is 64.7 Å². The third kappa shape index (κ3) is 9.12. The van der Waals surface area contributed by atoms with Crippen molar-refractivity contribution in [3.63, 3.8) is 0 Å². The monoisotopic (exact) mass is 542 g/mol.